The van der Waals surface area contributed by atoms with Gasteiger partial charge in [-0.25, -0.2) is 18.1 Å². The number of morpholine rings is 1. The summed E-state index contributed by atoms with van der Waals surface area (Å²) in [5, 5.41) is 6.95. The number of carbonyl (C=O) groups is 1. The van der Waals surface area contributed by atoms with E-state index in [1.54, 1.807) is 23.1 Å². The number of carbonyl (C=O) groups excluding carboxylic acids is 1. The third-order valence-electron chi connectivity index (χ3n) is 5.37. The van der Waals surface area contributed by atoms with E-state index in [9.17, 15) is 13.2 Å². The molecule has 3 aromatic rings. The molecule has 0 saturated carbocycles. The Balaban J connectivity index is 1.48. The summed E-state index contributed by atoms with van der Waals surface area (Å²) in [6, 6.07) is 12.4. The zero-order valence-electron chi connectivity index (χ0n) is 17.8. The fourth-order valence-corrected chi connectivity index (χ4v) is 5.27. The predicted molar refractivity (Wildman–Crippen MR) is 118 cm³/mol. The number of benzene rings is 2. The number of nitrogens with one attached hydrogen (secondary N) is 1. The van der Waals surface area contributed by atoms with Gasteiger partial charge < -0.3 is 10.1 Å². The van der Waals surface area contributed by atoms with Crippen LogP contribution in [0.5, 0.6) is 0 Å². The van der Waals surface area contributed by atoms with Gasteiger partial charge in [0.25, 0.3) is 5.91 Å². The van der Waals surface area contributed by atoms with Crippen molar-refractivity contribution in [3.63, 3.8) is 0 Å². The van der Waals surface area contributed by atoms with E-state index in [4.69, 9.17) is 4.74 Å². The van der Waals surface area contributed by atoms with Crippen molar-refractivity contribution in [2.24, 2.45) is 0 Å². The van der Waals surface area contributed by atoms with Crippen LogP contribution >= 0.6 is 0 Å². The Morgan fingerprint density at radius 2 is 1.88 bits per heavy atom. The first-order valence-corrected chi connectivity index (χ1v) is 11.9. The number of rotatable bonds is 7. The highest BCUT2D eigenvalue weighted by Gasteiger charge is 2.29. The molecule has 0 atom stereocenters. The largest absolute Gasteiger partial charge is 0.379 e. The van der Waals surface area contributed by atoms with E-state index in [1.807, 2.05) is 31.2 Å². The zero-order valence-corrected chi connectivity index (χ0v) is 18.6. The summed E-state index contributed by atoms with van der Waals surface area (Å²) in [7, 11) is -3.69. The monoisotopic (exact) mass is 455 g/mol. The molecule has 4 rings (SSSR count). The molecule has 1 N–H and O–H groups in total. The smallest absolute Gasteiger partial charge is 0.251 e. The zero-order chi connectivity index (χ0) is 22.6. The van der Waals surface area contributed by atoms with Crippen LogP contribution in [0.2, 0.25) is 0 Å². The molecule has 10 heteroatoms. The van der Waals surface area contributed by atoms with Gasteiger partial charge in [-0.2, -0.15) is 9.40 Å². The van der Waals surface area contributed by atoms with Crippen LogP contribution in [0.1, 0.15) is 28.4 Å². The molecule has 1 aliphatic heterocycles. The summed E-state index contributed by atoms with van der Waals surface area (Å²) in [4.78, 5) is 16.9. The van der Waals surface area contributed by atoms with Gasteiger partial charge in [-0.1, -0.05) is 25.1 Å². The number of ether oxygens (including phenoxy) is 1. The Morgan fingerprint density at radius 1 is 1.12 bits per heavy atom. The maximum absolute atomic E-state index is 13.2. The Hall–Kier alpha value is -3.08. The topological polar surface area (TPSA) is 106 Å². The molecule has 1 fully saturated rings. The lowest BCUT2D eigenvalue weighted by atomic mass is 10.1. The van der Waals surface area contributed by atoms with Crippen molar-refractivity contribution < 1.29 is 17.9 Å². The molecular formula is C22H25N5O4S. The number of amides is 1. The van der Waals surface area contributed by atoms with Gasteiger partial charge in [0.15, 0.2) is 0 Å². The average molecular weight is 456 g/mol. The third kappa shape index (κ3) is 4.72. The first-order valence-electron chi connectivity index (χ1n) is 10.4. The van der Waals surface area contributed by atoms with Crippen LogP contribution in [-0.4, -0.2) is 59.7 Å². The van der Waals surface area contributed by atoms with Crippen molar-refractivity contribution in [1.29, 1.82) is 0 Å². The average Bonchev–Trinajstić information content (AvgIpc) is 3.38. The molecule has 1 aliphatic rings. The van der Waals surface area contributed by atoms with Crippen molar-refractivity contribution in [2.45, 2.75) is 24.8 Å². The summed E-state index contributed by atoms with van der Waals surface area (Å²) in [6.07, 6.45) is 3.63. The quantitative estimate of drug-likeness (QED) is 0.582. The lowest BCUT2D eigenvalue weighted by Crippen LogP contribution is -2.41. The molecule has 2 heterocycles. The molecule has 0 bridgehead atoms. The molecule has 1 amide bonds. The van der Waals surface area contributed by atoms with Crippen LogP contribution in [0.4, 0.5) is 0 Å². The second kappa shape index (κ2) is 9.60. The van der Waals surface area contributed by atoms with Gasteiger partial charge in [0.05, 0.1) is 23.8 Å². The van der Waals surface area contributed by atoms with Gasteiger partial charge in [-0.15, -0.1) is 0 Å². The first-order chi connectivity index (χ1) is 15.5. The van der Waals surface area contributed by atoms with Crippen LogP contribution in [0, 0.1) is 0 Å². The number of hydrogen-bond acceptors (Lipinski definition) is 6. The normalized spacial score (nSPS) is 14.9. The van der Waals surface area contributed by atoms with E-state index in [0.717, 1.165) is 11.3 Å². The second-order valence-electron chi connectivity index (χ2n) is 7.38. The highest BCUT2D eigenvalue weighted by atomic mass is 32.2. The van der Waals surface area contributed by atoms with E-state index in [1.165, 1.54) is 16.7 Å². The minimum absolute atomic E-state index is 0.187. The van der Waals surface area contributed by atoms with Gasteiger partial charge in [-0.3, -0.25) is 4.79 Å². The molecule has 0 aliphatic carbocycles. The van der Waals surface area contributed by atoms with Crippen LogP contribution in [0.25, 0.3) is 5.69 Å². The molecule has 32 heavy (non-hydrogen) atoms. The molecule has 0 radical (unpaired) electrons. The number of aromatic nitrogens is 3. The van der Waals surface area contributed by atoms with E-state index < -0.39 is 10.0 Å². The number of nitrogens with zero attached hydrogens (tertiary/aromatic N) is 4. The SMILES string of the molecule is CCc1ccc(C(=O)NCc2ccc(-n3cncn3)cc2)cc1S(=O)(=O)N1CCOCC1. The molecule has 0 unspecified atom stereocenters. The van der Waals surface area contributed by atoms with Gasteiger partial charge in [0, 0.05) is 25.2 Å². The number of aryl methyl sites for hydroxylation is 1. The van der Waals surface area contributed by atoms with Crippen LogP contribution in [0.3, 0.4) is 0 Å². The molecule has 1 saturated heterocycles. The molecule has 1 aromatic heterocycles. The standard InChI is InChI=1S/C22H25N5O4S/c1-2-18-5-6-19(13-21(18)32(29,30)26-9-11-31-12-10-26)22(28)24-14-17-3-7-20(8-4-17)27-16-23-15-25-27/h3-8,13,15-16H,2,9-12,14H2,1H3,(H,24,28). The van der Waals surface area contributed by atoms with Crippen molar-refractivity contribution in [3.8, 4) is 5.69 Å². The Kier molecular flexibility index (Phi) is 6.63. The Labute approximate surface area is 187 Å². The highest BCUT2D eigenvalue weighted by molar-refractivity contribution is 7.89. The fourth-order valence-electron chi connectivity index (χ4n) is 3.55. The minimum atomic E-state index is -3.69. The van der Waals surface area contributed by atoms with Crippen molar-refractivity contribution in [3.05, 3.63) is 71.8 Å². The van der Waals surface area contributed by atoms with Crippen molar-refractivity contribution >= 4 is 15.9 Å². The summed E-state index contributed by atoms with van der Waals surface area (Å²) in [5.41, 5.74) is 2.78. The van der Waals surface area contributed by atoms with E-state index in [0.29, 0.717) is 50.4 Å². The molecule has 168 valence electrons. The highest BCUT2D eigenvalue weighted by Crippen LogP contribution is 2.23. The molecule has 0 spiro atoms. The predicted octanol–water partition coefficient (Wildman–Crippen LogP) is 1.78. The van der Waals surface area contributed by atoms with Crippen LogP contribution in [0.15, 0.2) is 60.0 Å². The van der Waals surface area contributed by atoms with Gasteiger partial charge >= 0.3 is 0 Å². The number of hydrogen-bond donors (Lipinski definition) is 1. The van der Waals surface area contributed by atoms with Gasteiger partial charge in [0.2, 0.25) is 10.0 Å². The van der Waals surface area contributed by atoms with Gasteiger partial charge in [0.1, 0.15) is 12.7 Å². The maximum Gasteiger partial charge on any atom is 0.251 e. The van der Waals surface area contributed by atoms with Crippen molar-refractivity contribution in [1.82, 2.24) is 24.4 Å². The summed E-state index contributed by atoms with van der Waals surface area (Å²) in [5.74, 6) is -0.327. The lowest BCUT2D eigenvalue weighted by molar-refractivity contribution is 0.0730. The van der Waals surface area contributed by atoms with E-state index >= 15 is 0 Å². The lowest BCUT2D eigenvalue weighted by Gasteiger charge is -2.27. The summed E-state index contributed by atoms with van der Waals surface area (Å²) >= 11 is 0. The molecular weight excluding hydrogens is 430 g/mol. The second-order valence-corrected chi connectivity index (χ2v) is 9.29. The van der Waals surface area contributed by atoms with Crippen LogP contribution in [-0.2, 0) is 27.7 Å². The summed E-state index contributed by atoms with van der Waals surface area (Å²) < 4.78 is 34.7. The maximum atomic E-state index is 13.2. The van der Waals surface area contributed by atoms with E-state index in [2.05, 4.69) is 15.4 Å². The van der Waals surface area contributed by atoms with Crippen LogP contribution < -0.4 is 5.32 Å². The molecule has 2 aromatic carbocycles. The minimum Gasteiger partial charge on any atom is -0.379 e. The Bertz CT molecular complexity index is 1170. The Morgan fingerprint density at radius 3 is 2.53 bits per heavy atom. The third-order valence-corrected chi connectivity index (χ3v) is 7.35. The van der Waals surface area contributed by atoms with Crippen molar-refractivity contribution in [2.75, 3.05) is 26.3 Å². The van der Waals surface area contributed by atoms with E-state index in [-0.39, 0.29) is 10.8 Å². The fraction of sp³-hybridized carbons (Fsp3) is 0.318. The molecule has 9 nitrogen and oxygen atoms in total. The first kappa shape index (κ1) is 22.1. The summed E-state index contributed by atoms with van der Waals surface area (Å²) in [6.45, 7) is 3.58. The number of sulfonamides is 1. The van der Waals surface area contributed by atoms with Gasteiger partial charge in [-0.05, 0) is 41.8 Å².